The van der Waals surface area contributed by atoms with Crippen molar-refractivity contribution in [2.75, 3.05) is 0 Å². The van der Waals surface area contributed by atoms with Crippen molar-refractivity contribution >= 4 is 28.6 Å². The Morgan fingerprint density at radius 2 is 1.83 bits per heavy atom. The fourth-order valence-corrected chi connectivity index (χ4v) is 0. The summed E-state index contributed by atoms with van der Waals surface area (Å²) in [7, 11) is 0. The third-order valence-corrected chi connectivity index (χ3v) is 0.589. The SMILES string of the molecule is CC(C)([TeH])C=O. The van der Waals surface area contributed by atoms with Gasteiger partial charge in [-0.25, -0.2) is 0 Å². The maximum absolute atomic E-state index is 9.84. The number of hydrogen-bond acceptors (Lipinski definition) is 1. The summed E-state index contributed by atoms with van der Waals surface area (Å²) < 4.78 is -0.0889. The van der Waals surface area contributed by atoms with Gasteiger partial charge in [-0.05, 0) is 0 Å². The summed E-state index contributed by atoms with van der Waals surface area (Å²) in [4.78, 5) is 9.84. The molecule has 0 rings (SSSR count). The number of carbonyl (C=O) groups excluding carboxylic acids is 1. The van der Waals surface area contributed by atoms with Crippen molar-refractivity contribution in [3.8, 4) is 0 Å². The first kappa shape index (κ1) is 6.46. The summed E-state index contributed by atoms with van der Waals surface area (Å²) in [5.74, 6) is 0. The molecule has 0 saturated heterocycles. The van der Waals surface area contributed by atoms with Crippen LogP contribution in [0, 0.1) is 0 Å². The van der Waals surface area contributed by atoms with Gasteiger partial charge in [-0.2, -0.15) is 0 Å². The summed E-state index contributed by atoms with van der Waals surface area (Å²) in [6.07, 6.45) is 0.960. The van der Waals surface area contributed by atoms with Crippen LogP contribution in [0.2, 0.25) is 3.46 Å². The Morgan fingerprint density at radius 3 is 1.83 bits per heavy atom. The molecule has 0 aromatic rings. The fraction of sp³-hybridized carbons (Fsp3) is 0.750. The van der Waals surface area contributed by atoms with Gasteiger partial charge < -0.3 is 0 Å². The summed E-state index contributed by atoms with van der Waals surface area (Å²) in [5.41, 5.74) is 0. The molecule has 0 amide bonds. The Labute approximate surface area is 51.0 Å². The van der Waals surface area contributed by atoms with Crippen molar-refractivity contribution in [1.82, 2.24) is 0 Å². The van der Waals surface area contributed by atoms with Crippen molar-refractivity contribution in [1.29, 1.82) is 0 Å². The van der Waals surface area contributed by atoms with E-state index < -0.39 is 0 Å². The van der Waals surface area contributed by atoms with Crippen LogP contribution < -0.4 is 0 Å². The van der Waals surface area contributed by atoms with Crippen LogP contribution in [0.1, 0.15) is 13.8 Å². The zero-order valence-electron chi connectivity index (χ0n) is 3.93. The molecule has 0 bridgehead atoms. The van der Waals surface area contributed by atoms with E-state index in [9.17, 15) is 4.79 Å². The van der Waals surface area contributed by atoms with Gasteiger partial charge in [0.05, 0.1) is 0 Å². The standard InChI is InChI=1S/C4H8OTe/c1-4(2,6)3-5/h3,6H,1-2H3. The second kappa shape index (κ2) is 1.95. The summed E-state index contributed by atoms with van der Waals surface area (Å²) in [6, 6.07) is 0. The predicted molar refractivity (Wildman–Crippen MR) is 27.3 cm³/mol. The molecule has 0 N–H and O–H groups in total. The molecule has 0 aromatic heterocycles. The van der Waals surface area contributed by atoms with Gasteiger partial charge in [-0.3, -0.25) is 0 Å². The van der Waals surface area contributed by atoms with Gasteiger partial charge in [0.25, 0.3) is 0 Å². The average Bonchev–Trinajstić information content (AvgIpc) is 1.35. The molecule has 36 valence electrons. The van der Waals surface area contributed by atoms with Crippen LogP contribution in [0.3, 0.4) is 0 Å². The normalized spacial score (nSPS) is 11.2. The molecule has 6 heavy (non-hydrogen) atoms. The molecule has 0 aromatic carbocycles. The monoisotopic (exact) mass is 202 g/mol. The van der Waals surface area contributed by atoms with E-state index in [4.69, 9.17) is 0 Å². The Balaban J connectivity index is 3.45. The second-order valence-corrected chi connectivity index (χ2v) is 5.06. The van der Waals surface area contributed by atoms with Crippen LogP contribution in [0.5, 0.6) is 0 Å². The quantitative estimate of drug-likeness (QED) is 0.438. The Kier molecular flexibility index (Phi) is 2.10. The Bertz CT molecular complexity index is 53.1. The van der Waals surface area contributed by atoms with Crippen LogP contribution in [-0.4, -0.2) is 28.6 Å². The van der Waals surface area contributed by atoms with Crippen LogP contribution in [-0.2, 0) is 4.79 Å². The molecular formula is C4H8OTe. The third kappa shape index (κ3) is 4.46. The molecule has 2 heteroatoms. The maximum atomic E-state index is 9.84. The first-order valence-electron chi connectivity index (χ1n) is 1.75. The van der Waals surface area contributed by atoms with E-state index in [1.54, 1.807) is 22.3 Å². The van der Waals surface area contributed by atoms with Crippen molar-refractivity contribution in [2.45, 2.75) is 17.3 Å². The van der Waals surface area contributed by atoms with E-state index in [1.807, 2.05) is 13.8 Å². The molecule has 0 spiro atoms. The minimum atomic E-state index is -0.0889. The van der Waals surface area contributed by atoms with E-state index in [1.165, 1.54) is 0 Å². The molecule has 1 nitrogen and oxygen atoms in total. The summed E-state index contributed by atoms with van der Waals surface area (Å²) in [5, 5.41) is 0. The molecule has 0 aliphatic rings. The van der Waals surface area contributed by atoms with Gasteiger partial charge in [0.15, 0.2) is 0 Å². The number of aldehydes is 1. The molecule has 0 aliphatic carbocycles. The van der Waals surface area contributed by atoms with Crippen molar-refractivity contribution in [3.05, 3.63) is 0 Å². The zero-order valence-corrected chi connectivity index (χ0v) is 6.49. The van der Waals surface area contributed by atoms with E-state index in [-0.39, 0.29) is 3.46 Å². The molecule has 0 saturated carbocycles. The van der Waals surface area contributed by atoms with Gasteiger partial charge in [0, 0.05) is 0 Å². The number of rotatable bonds is 1. The summed E-state index contributed by atoms with van der Waals surface area (Å²) >= 11 is 1.55. The zero-order chi connectivity index (χ0) is 5.21. The topological polar surface area (TPSA) is 17.1 Å². The first-order chi connectivity index (χ1) is 2.56. The van der Waals surface area contributed by atoms with E-state index in [2.05, 4.69) is 0 Å². The van der Waals surface area contributed by atoms with Crippen molar-refractivity contribution in [3.63, 3.8) is 0 Å². The summed E-state index contributed by atoms with van der Waals surface area (Å²) in [6.45, 7) is 3.79. The third-order valence-electron chi connectivity index (χ3n) is 0.288. The molecular weight excluding hydrogens is 192 g/mol. The van der Waals surface area contributed by atoms with Gasteiger partial charge in [-0.15, -0.1) is 0 Å². The molecule has 0 fully saturated rings. The van der Waals surface area contributed by atoms with Gasteiger partial charge in [0.2, 0.25) is 0 Å². The Morgan fingerprint density at radius 1 is 1.67 bits per heavy atom. The Hall–Kier alpha value is 0.460. The number of carbonyl (C=O) groups is 1. The van der Waals surface area contributed by atoms with E-state index in [0.29, 0.717) is 0 Å². The van der Waals surface area contributed by atoms with Crippen LogP contribution in [0.25, 0.3) is 0 Å². The van der Waals surface area contributed by atoms with Crippen LogP contribution >= 0.6 is 0 Å². The van der Waals surface area contributed by atoms with Gasteiger partial charge >= 0.3 is 50.7 Å². The van der Waals surface area contributed by atoms with Crippen molar-refractivity contribution < 1.29 is 4.79 Å². The average molecular weight is 200 g/mol. The molecule has 0 aliphatic heterocycles. The fourth-order valence-electron chi connectivity index (χ4n) is 0. The second-order valence-electron chi connectivity index (χ2n) is 1.77. The molecule has 0 atom stereocenters. The molecule has 0 radical (unpaired) electrons. The van der Waals surface area contributed by atoms with Crippen LogP contribution in [0.15, 0.2) is 0 Å². The molecule has 0 heterocycles. The van der Waals surface area contributed by atoms with E-state index >= 15 is 0 Å². The van der Waals surface area contributed by atoms with Crippen molar-refractivity contribution in [2.24, 2.45) is 0 Å². The van der Waals surface area contributed by atoms with Gasteiger partial charge in [-0.1, -0.05) is 0 Å². The van der Waals surface area contributed by atoms with E-state index in [0.717, 1.165) is 6.29 Å². The minimum absolute atomic E-state index is 0.0889. The predicted octanol–water partition coefficient (Wildman–Crippen LogP) is 0.285. The van der Waals surface area contributed by atoms with Gasteiger partial charge in [0.1, 0.15) is 0 Å². The first-order valence-corrected chi connectivity index (χ1v) is 3.02. The molecule has 0 unspecified atom stereocenters. The number of hydrogen-bond donors (Lipinski definition) is 0. The van der Waals surface area contributed by atoms with Crippen LogP contribution in [0.4, 0.5) is 0 Å².